The van der Waals surface area contributed by atoms with Crippen LogP contribution in [-0.2, 0) is 26.4 Å². The lowest BCUT2D eigenvalue weighted by molar-refractivity contribution is -0.0837. The average molecular weight is 720 g/mol. The molecule has 2 aliphatic rings. The molecular formula is C32H44Cl2N10O5. The molecule has 0 spiro atoms. The van der Waals surface area contributed by atoms with Crippen LogP contribution in [0, 0.1) is 0 Å². The molecule has 4 heterocycles. The van der Waals surface area contributed by atoms with Crippen molar-refractivity contribution >= 4 is 35.6 Å². The van der Waals surface area contributed by atoms with Crippen LogP contribution >= 0.6 is 24.0 Å². The Hall–Kier alpha value is -3.60. The molecule has 4 aromatic rings. The molecule has 1 saturated carbocycles. The van der Waals surface area contributed by atoms with Gasteiger partial charge in [0, 0.05) is 38.2 Å². The number of morpholine rings is 1. The van der Waals surface area contributed by atoms with Gasteiger partial charge in [-0.25, -0.2) is 19.3 Å². The largest absolute Gasteiger partial charge is 0.487 e. The van der Waals surface area contributed by atoms with E-state index in [2.05, 4.69) is 40.4 Å². The van der Waals surface area contributed by atoms with E-state index in [1.165, 1.54) is 6.42 Å². The number of ether oxygens (including phenoxy) is 5. The van der Waals surface area contributed by atoms with E-state index in [4.69, 9.17) is 40.4 Å². The Bertz CT molecular complexity index is 1570. The molecule has 0 radical (unpaired) electrons. The minimum Gasteiger partial charge on any atom is -0.487 e. The highest BCUT2D eigenvalue weighted by Gasteiger charge is 2.42. The second kappa shape index (κ2) is 17.9. The van der Waals surface area contributed by atoms with Gasteiger partial charge >= 0.3 is 0 Å². The summed E-state index contributed by atoms with van der Waals surface area (Å²) in [6.45, 7) is 7.37. The van der Waals surface area contributed by atoms with Gasteiger partial charge in [-0.15, -0.1) is 22.6 Å². The number of rotatable bonds is 16. The summed E-state index contributed by atoms with van der Waals surface area (Å²) in [6.07, 6.45) is 12.4. The predicted octanol–water partition coefficient (Wildman–Crippen LogP) is 4.60. The van der Waals surface area contributed by atoms with Crippen LogP contribution in [0.15, 0.2) is 43.1 Å². The SMILES string of the molecule is COCCOCCOc1nn(C2(N3CCOCC3)CCCCC2)cc1Nc1ncc(-c2ccc(Cl)c(OC(C)Cn3cnnn3)c2)cn1.Cl. The molecular weight excluding hydrogens is 675 g/mol. The molecule has 2 fully saturated rings. The molecule has 17 heteroatoms. The predicted molar refractivity (Wildman–Crippen MR) is 185 cm³/mol. The van der Waals surface area contributed by atoms with E-state index in [0.717, 1.165) is 63.1 Å². The molecule has 0 bridgehead atoms. The highest BCUT2D eigenvalue weighted by Crippen LogP contribution is 2.41. The quantitative estimate of drug-likeness (QED) is 0.161. The molecule has 6 rings (SSSR count). The third-order valence-electron chi connectivity index (χ3n) is 8.59. The van der Waals surface area contributed by atoms with Crippen molar-refractivity contribution in [3.8, 4) is 22.8 Å². The molecule has 1 aromatic carbocycles. The van der Waals surface area contributed by atoms with Gasteiger partial charge in [0.2, 0.25) is 5.95 Å². The number of benzene rings is 1. The lowest BCUT2D eigenvalue weighted by atomic mass is 9.87. The summed E-state index contributed by atoms with van der Waals surface area (Å²) in [5.41, 5.74) is 2.13. The molecule has 1 unspecified atom stereocenters. The number of nitrogens with one attached hydrogen (secondary N) is 1. The number of tetrazole rings is 1. The number of aromatic nitrogens is 8. The minimum absolute atomic E-state index is 0. The van der Waals surface area contributed by atoms with Crippen LogP contribution in [-0.4, -0.2) is 111 Å². The molecule has 1 aliphatic carbocycles. The van der Waals surface area contributed by atoms with Gasteiger partial charge in [0.1, 0.15) is 36.1 Å². The van der Waals surface area contributed by atoms with E-state index < -0.39 is 0 Å². The van der Waals surface area contributed by atoms with Gasteiger partial charge in [0.25, 0.3) is 5.88 Å². The number of nitrogens with zero attached hydrogens (tertiary/aromatic N) is 9. The first-order valence-corrected chi connectivity index (χ1v) is 16.8. The zero-order chi connectivity index (χ0) is 33.2. The van der Waals surface area contributed by atoms with Crippen LogP contribution in [0.2, 0.25) is 5.02 Å². The molecule has 1 atom stereocenters. The van der Waals surface area contributed by atoms with Crippen LogP contribution in [0.5, 0.6) is 11.6 Å². The highest BCUT2D eigenvalue weighted by atomic mass is 35.5. The lowest BCUT2D eigenvalue weighted by Crippen LogP contribution is -2.56. The van der Waals surface area contributed by atoms with Crippen molar-refractivity contribution in [2.75, 3.05) is 65.2 Å². The Balaban J connectivity index is 0.00000468. The number of halogens is 2. The van der Waals surface area contributed by atoms with E-state index in [-0.39, 0.29) is 24.2 Å². The smallest absolute Gasteiger partial charge is 0.257 e. The zero-order valence-corrected chi connectivity index (χ0v) is 29.4. The number of hydrogen-bond donors (Lipinski definition) is 1. The van der Waals surface area contributed by atoms with E-state index in [0.29, 0.717) is 61.3 Å². The molecule has 15 nitrogen and oxygen atoms in total. The van der Waals surface area contributed by atoms with Gasteiger partial charge in [0.05, 0.1) is 50.8 Å². The average Bonchev–Trinajstić information content (AvgIpc) is 3.78. The number of hydrogen-bond acceptors (Lipinski definition) is 13. The van der Waals surface area contributed by atoms with Crippen molar-refractivity contribution < 1.29 is 23.7 Å². The second-order valence-electron chi connectivity index (χ2n) is 11.9. The topological polar surface area (TPSA) is 149 Å². The molecule has 49 heavy (non-hydrogen) atoms. The molecule has 3 aromatic heterocycles. The van der Waals surface area contributed by atoms with E-state index >= 15 is 0 Å². The standard InChI is InChI=1S/C32H43ClN10O5.ClH/c1-24(21-42-23-36-39-40-42)48-29-18-25(6-7-27(29)33)26-19-34-31(35-20-26)37-28-22-43(38-30(28)47-17-16-46-15-14-44-2)32(8-4-3-5-9-32)41-10-12-45-13-11-41;/h6-7,18-20,22-24H,3-5,8-17,21H2,1-2H3,(H,34,35,37);1H. The Labute approximate surface area is 297 Å². The molecule has 1 N–H and O–H groups in total. The third-order valence-corrected chi connectivity index (χ3v) is 8.90. The molecule has 1 aliphatic heterocycles. The molecule has 1 saturated heterocycles. The maximum atomic E-state index is 6.47. The van der Waals surface area contributed by atoms with Gasteiger partial charge < -0.3 is 29.0 Å². The Kier molecular flexibility index (Phi) is 13.4. The van der Waals surface area contributed by atoms with Crippen LogP contribution in [0.4, 0.5) is 11.6 Å². The minimum atomic E-state index is -0.238. The first-order chi connectivity index (χ1) is 23.5. The van der Waals surface area contributed by atoms with Gasteiger partial charge in [0.15, 0.2) is 0 Å². The fourth-order valence-electron chi connectivity index (χ4n) is 6.21. The summed E-state index contributed by atoms with van der Waals surface area (Å²) in [5, 5.41) is 20.1. The summed E-state index contributed by atoms with van der Waals surface area (Å²) in [7, 11) is 1.65. The normalized spacial score (nSPS) is 16.9. The van der Waals surface area contributed by atoms with E-state index in [1.54, 1.807) is 36.6 Å². The monoisotopic (exact) mass is 718 g/mol. The summed E-state index contributed by atoms with van der Waals surface area (Å²) in [4.78, 5) is 11.8. The number of anilines is 2. The number of methoxy groups -OCH3 is 1. The molecule has 266 valence electrons. The Morgan fingerprint density at radius 3 is 2.53 bits per heavy atom. The van der Waals surface area contributed by atoms with Crippen molar-refractivity contribution in [1.29, 1.82) is 0 Å². The van der Waals surface area contributed by atoms with Crippen molar-refractivity contribution in [2.45, 2.75) is 57.3 Å². The maximum absolute atomic E-state index is 6.47. The first-order valence-electron chi connectivity index (χ1n) is 16.4. The third kappa shape index (κ3) is 9.35. The molecule has 0 amide bonds. The fourth-order valence-corrected chi connectivity index (χ4v) is 6.37. The van der Waals surface area contributed by atoms with Crippen LogP contribution < -0.4 is 14.8 Å². The Morgan fingerprint density at radius 1 is 1.02 bits per heavy atom. The Morgan fingerprint density at radius 2 is 1.80 bits per heavy atom. The van der Waals surface area contributed by atoms with E-state index in [1.807, 2.05) is 25.3 Å². The summed E-state index contributed by atoms with van der Waals surface area (Å²) >= 11 is 6.47. The van der Waals surface area contributed by atoms with Crippen LogP contribution in [0.3, 0.4) is 0 Å². The fraction of sp³-hybridized carbons (Fsp3) is 0.562. The van der Waals surface area contributed by atoms with Gasteiger partial charge in [-0.05, 0) is 60.7 Å². The van der Waals surface area contributed by atoms with E-state index in [9.17, 15) is 0 Å². The van der Waals surface area contributed by atoms with Crippen LogP contribution in [0.25, 0.3) is 11.1 Å². The summed E-state index contributed by atoms with van der Waals surface area (Å²) in [5.74, 6) is 1.45. The second-order valence-corrected chi connectivity index (χ2v) is 12.3. The van der Waals surface area contributed by atoms with Gasteiger partial charge in [-0.3, -0.25) is 4.90 Å². The summed E-state index contributed by atoms with van der Waals surface area (Å²) < 4.78 is 32.4. The van der Waals surface area contributed by atoms with Crippen molar-refractivity contribution in [3.05, 3.63) is 48.1 Å². The van der Waals surface area contributed by atoms with Crippen molar-refractivity contribution in [2.24, 2.45) is 0 Å². The lowest BCUT2D eigenvalue weighted by Gasteiger charge is -2.47. The van der Waals surface area contributed by atoms with Crippen molar-refractivity contribution in [3.63, 3.8) is 0 Å². The van der Waals surface area contributed by atoms with Crippen molar-refractivity contribution in [1.82, 2.24) is 44.9 Å². The van der Waals surface area contributed by atoms with Gasteiger partial charge in [-0.1, -0.05) is 24.1 Å². The summed E-state index contributed by atoms with van der Waals surface area (Å²) in [6, 6.07) is 5.59. The highest BCUT2D eigenvalue weighted by molar-refractivity contribution is 6.32. The van der Waals surface area contributed by atoms with Crippen LogP contribution in [0.1, 0.15) is 39.0 Å². The first kappa shape index (κ1) is 36.7. The van der Waals surface area contributed by atoms with Gasteiger partial charge in [-0.2, -0.15) is 0 Å². The maximum Gasteiger partial charge on any atom is 0.257 e. The zero-order valence-electron chi connectivity index (χ0n) is 27.9.